The second-order valence-electron chi connectivity index (χ2n) is 4.26. The first-order valence-electron chi connectivity index (χ1n) is 4.63. The lowest BCUT2D eigenvalue weighted by molar-refractivity contribution is 0.545. The molecule has 0 saturated heterocycles. The predicted molar refractivity (Wildman–Crippen MR) is 56.2 cm³/mol. The van der Waals surface area contributed by atoms with Crippen LogP contribution in [-0.4, -0.2) is 19.7 Å². The fraction of sp³-hybridized carbons (Fsp3) is 0.400. The Labute approximate surface area is 88.2 Å². The minimum atomic E-state index is -3.45. The Morgan fingerprint density at radius 2 is 2.07 bits per heavy atom. The summed E-state index contributed by atoms with van der Waals surface area (Å²) < 4.78 is 36.2. The molecule has 0 spiro atoms. The summed E-state index contributed by atoms with van der Waals surface area (Å²) in [5, 5.41) is 2.99. The van der Waals surface area contributed by atoms with Gasteiger partial charge in [0.2, 0.25) is 0 Å². The zero-order chi connectivity index (χ0) is 11.3. The molecule has 0 aliphatic carbocycles. The largest absolute Gasteiger partial charge is 0.382 e. The maximum absolute atomic E-state index is 13.0. The summed E-state index contributed by atoms with van der Waals surface area (Å²) in [7, 11) is -3.45. The Bertz CT molecular complexity index is 508. The number of fused-ring (bicyclic) bond motifs is 1. The first-order valence-corrected chi connectivity index (χ1v) is 6.11. The van der Waals surface area contributed by atoms with Crippen LogP contribution in [0.3, 0.4) is 0 Å². The number of hydrogen-bond acceptors (Lipinski definition) is 3. The lowest BCUT2D eigenvalue weighted by atomic mass is 10.2. The van der Waals surface area contributed by atoms with Gasteiger partial charge in [-0.1, -0.05) is 0 Å². The minimum Gasteiger partial charge on any atom is -0.382 e. The van der Waals surface area contributed by atoms with Crippen LogP contribution in [0.25, 0.3) is 0 Å². The molecule has 0 amide bonds. The topological polar surface area (TPSA) is 46.2 Å². The van der Waals surface area contributed by atoms with E-state index in [2.05, 4.69) is 5.32 Å². The van der Waals surface area contributed by atoms with Crippen LogP contribution in [0, 0.1) is 5.82 Å². The number of benzene rings is 1. The molecule has 1 aliphatic rings. The highest BCUT2D eigenvalue weighted by molar-refractivity contribution is 7.93. The van der Waals surface area contributed by atoms with Gasteiger partial charge in [0.15, 0.2) is 9.84 Å². The molecule has 1 aliphatic heterocycles. The summed E-state index contributed by atoms with van der Waals surface area (Å²) in [6, 6.07) is 3.77. The van der Waals surface area contributed by atoms with Crippen molar-refractivity contribution in [3.63, 3.8) is 0 Å². The van der Waals surface area contributed by atoms with Gasteiger partial charge in [-0.3, -0.25) is 0 Å². The van der Waals surface area contributed by atoms with Crippen LogP contribution in [0.15, 0.2) is 23.1 Å². The van der Waals surface area contributed by atoms with Crippen LogP contribution in [0.5, 0.6) is 0 Å². The SMILES string of the molecule is CC1(C)CNc2ccc(F)cc2S1(=O)=O. The molecule has 0 fully saturated rings. The van der Waals surface area contributed by atoms with Crippen molar-refractivity contribution in [1.82, 2.24) is 0 Å². The molecule has 0 bridgehead atoms. The maximum Gasteiger partial charge on any atom is 0.187 e. The minimum absolute atomic E-state index is 0.0544. The Hall–Kier alpha value is -1.10. The van der Waals surface area contributed by atoms with E-state index in [1.165, 1.54) is 12.1 Å². The molecule has 15 heavy (non-hydrogen) atoms. The van der Waals surface area contributed by atoms with Gasteiger partial charge in [0, 0.05) is 6.54 Å². The van der Waals surface area contributed by atoms with Gasteiger partial charge in [-0.15, -0.1) is 0 Å². The van der Waals surface area contributed by atoms with E-state index in [1.54, 1.807) is 13.8 Å². The van der Waals surface area contributed by atoms with E-state index in [1.807, 2.05) is 0 Å². The standard InChI is InChI=1S/C10H12FNO2S/c1-10(2)6-12-8-4-3-7(11)5-9(8)15(10,13)14/h3-5,12H,6H2,1-2H3. The van der Waals surface area contributed by atoms with E-state index in [0.29, 0.717) is 12.2 Å². The smallest absolute Gasteiger partial charge is 0.187 e. The molecule has 1 aromatic rings. The molecular formula is C10H12FNO2S. The van der Waals surface area contributed by atoms with Crippen molar-refractivity contribution < 1.29 is 12.8 Å². The highest BCUT2D eigenvalue weighted by Crippen LogP contribution is 2.35. The summed E-state index contributed by atoms with van der Waals surface area (Å²) in [5.41, 5.74) is 0.482. The molecule has 1 heterocycles. The van der Waals surface area contributed by atoms with Gasteiger partial charge in [-0.05, 0) is 32.0 Å². The molecule has 1 N–H and O–H groups in total. The molecule has 0 unspecified atom stereocenters. The van der Waals surface area contributed by atoms with E-state index in [4.69, 9.17) is 0 Å². The number of hydrogen-bond donors (Lipinski definition) is 1. The average Bonchev–Trinajstić information content (AvgIpc) is 2.14. The summed E-state index contributed by atoms with van der Waals surface area (Å²) in [4.78, 5) is 0.0544. The van der Waals surface area contributed by atoms with Crippen molar-refractivity contribution in [3.05, 3.63) is 24.0 Å². The molecule has 3 nitrogen and oxygen atoms in total. The summed E-state index contributed by atoms with van der Waals surface area (Å²) in [6.45, 7) is 3.60. The van der Waals surface area contributed by atoms with Crippen molar-refractivity contribution in [2.75, 3.05) is 11.9 Å². The molecule has 5 heteroatoms. The van der Waals surface area contributed by atoms with Crippen LogP contribution in [-0.2, 0) is 9.84 Å². The summed E-state index contributed by atoms with van der Waals surface area (Å²) >= 11 is 0. The molecule has 2 rings (SSSR count). The second-order valence-corrected chi connectivity index (χ2v) is 6.81. The molecule has 0 atom stereocenters. The molecule has 0 radical (unpaired) electrons. The van der Waals surface area contributed by atoms with E-state index < -0.39 is 20.4 Å². The Balaban J connectivity index is 2.72. The molecule has 82 valence electrons. The summed E-state index contributed by atoms with van der Waals surface area (Å²) in [6.07, 6.45) is 0. The molecular weight excluding hydrogens is 217 g/mol. The third-order valence-electron chi connectivity index (χ3n) is 2.67. The van der Waals surface area contributed by atoms with Gasteiger partial charge in [-0.2, -0.15) is 0 Å². The van der Waals surface area contributed by atoms with Crippen molar-refractivity contribution >= 4 is 15.5 Å². The fourth-order valence-electron chi connectivity index (χ4n) is 1.57. The lowest BCUT2D eigenvalue weighted by Crippen LogP contribution is -2.43. The Kier molecular flexibility index (Phi) is 2.05. The van der Waals surface area contributed by atoms with Gasteiger partial charge in [0.1, 0.15) is 5.82 Å². The van der Waals surface area contributed by atoms with Crippen molar-refractivity contribution in [3.8, 4) is 0 Å². The highest BCUT2D eigenvalue weighted by atomic mass is 32.2. The van der Waals surface area contributed by atoms with Crippen molar-refractivity contribution in [2.24, 2.45) is 0 Å². The van der Waals surface area contributed by atoms with E-state index >= 15 is 0 Å². The fourth-order valence-corrected chi connectivity index (χ4v) is 3.12. The van der Waals surface area contributed by atoms with Crippen LogP contribution in [0.2, 0.25) is 0 Å². The van der Waals surface area contributed by atoms with Gasteiger partial charge in [-0.25, -0.2) is 12.8 Å². The Morgan fingerprint density at radius 3 is 2.73 bits per heavy atom. The second kappa shape index (κ2) is 2.95. The lowest BCUT2D eigenvalue weighted by Gasteiger charge is -2.31. The monoisotopic (exact) mass is 229 g/mol. The first kappa shape index (κ1) is 10.4. The molecule has 0 aromatic heterocycles. The van der Waals surface area contributed by atoms with Gasteiger partial charge >= 0.3 is 0 Å². The zero-order valence-electron chi connectivity index (χ0n) is 8.54. The third-order valence-corrected chi connectivity index (χ3v) is 5.18. The Morgan fingerprint density at radius 1 is 1.40 bits per heavy atom. The van der Waals surface area contributed by atoms with E-state index in [0.717, 1.165) is 6.07 Å². The van der Waals surface area contributed by atoms with Crippen molar-refractivity contribution in [1.29, 1.82) is 0 Å². The quantitative estimate of drug-likeness (QED) is 0.738. The van der Waals surface area contributed by atoms with Crippen LogP contribution >= 0.6 is 0 Å². The first-order chi connectivity index (χ1) is 6.84. The van der Waals surface area contributed by atoms with Gasteiger partial charge in [0.05, 0.1) is 15.3 Å². The van der Waals surface area contributed by atoms with Crippen LogP contribution < -0.4 is 5.32 Å². The third kappa shape index (κ3) is 1.42. The number of sulfone groups is 1. The predicted octanol–water partition coefficient (Wildman–Crippen LogP) is 1.80. The number of nitrogens with one attached hydrogen (secondary N) is 1. The average molecular weight is 229 g/mol. The maximum atomic E-state index is 13.0. The van der Waals surface area contributed by atoms with E-state index in [-0.39, 0.29) is 4.90 Å². The number of halogens is 1. The summed E-state index contributed by atoms with van der Waals surface area (Å²) in [5.74, 6) is -0.531. The van der Waals surface area contributed by atoms with Crippen LogP contribution in [0.1, 0.15) is 13.8 Å². The highest BCUT2D eigenvalue weighted by Gasteiger charge is 2.40. The van der Waals surface area contributed by atoms with E-state index in [9.17, 15) is 12.8 Å². The van der Waals surface area contributed by atoms with Gasteiger partial charge < -0.3 is 5.32 Å². The number of rotatable bonds is 0. The number of anilines is 1. The molecule has 0 saturated carbocycles. The normalized spacial score (nSPS) is 21.5. The zero-order valence-corrected chi connectivity index (χ0v) is 9.36. The molecule has 1 aromatic carbocycles. The van der Waals surface area contributed by atoms with Gasteiger partial charge in [0.25, 0.3) is 0 Å². The van der Waals surface area contributed by atoms with Crippen LogP contribution in [0.4, 0.5) is 10.1 Å². The van der Waals surface area contributed by atoms with Crippen molar-refractivity contribution in [2.45, 2.75) is 23.5 Å².